The van der Waals surface area contributed by atoms with Crippen molar-refractivity contribution in [3.63, 3.8) is 0 Å². The minimum atomic E-state index is 0.474. The SMILES string of the molecule is CC1CCc2ccccc2N1c1cccnc1CN. The van der Waals surface area contributed by atoms with E-state index in [2.05, 4.69) is 47.1 Å². The van der Waals surface area contributed by atoms with Crippen LogP contribution in [0.3, 0.4) is 0 Å². The first-order chi connectivity index (χ1) is 9.31. The number of aromatic nitrogens is 1. The van der Waals surface area contributed by atoms with E-state index in [0.29, 0.717) is 12.6 Å². The molecule has 0 saturated carbocycles. The van der Waals surface area contributed by atoms with Crippen molar-refractivity contribution in [1.82, 2.24) is 4.98 Å². The first kappa shape index (κ1) is 12.2. The van der Waals surface area contributed by atoms with E-state index in [4.69, 9.17) is 5.73 Å². The number of nitrogens with two attached hydrogens (primary N) is 1. The van der Waals surface area contributed by atoms with Crippen LogP contribution in [0.15, 0.2) is 42.6 Å². The third-order valence-corrected chi connectivity index (χ3v) is 3.84. The molecule has 1 aromatic heterocycles. The van der Waals surface area contributed by atoms with Gasteiger partial charge in [0.1, 0.15) is 0 Å². The zero-order valence-corrected chi connectivity index (χ0v) is 11.2. The van der Waals surface area contributed by atoms with Crippen LogP contribution in [0.1, 0.15) is 24.6 Å². The second kappa shape index (κ2) is 5.02. The quantitative estimate of drug-likeness (QED) is 0.894. The highest BCUT2D eigenvalue weighted by atomic mass is 15.2. The molecule has 0 fully saturated rings. The summed E-state index contributed by atoms with van der Waals surface area (Å²) in [6.07, 6.45) is 4.12. The fraction of sp³-hybridized carbons (Fsp3) is 0.312. The maximum Gasteiger partial charge on any atom is 0.0775 e. The van der Waals surface area contributed by atoms with Gasteiger partial charge in [-0.25, -0.2) is 0 Å². The van der Waals surface area contributed by atoms with Crippen molar-refractivity contribution in [2.24, 2.45) is 5.73 Å². The number of pyridine rings is 1. The van der Waals surface area contributed by atoms with Crippen LogP contribution in [0.4, 0.5) is 11.4 Å². The molecule has 1 aliphatic rings. The van der Waals surface area contributed by atoms with Crippen LogP contribution in [-0.4, -0.2) is 11.0 Å². The number of fused-ring (bicyclic) bond motifs is 1. The highest BCUT2D eigenvalue weighted by molar-refractivity contribution is 5.70. The maximum atomic E-state index is 5.83. The molecular weight excluding hydrogens is 234 g/mol. The molecule has 3 rings (SSSR count). The van der Waals surface area contributed by atoms with Gasteiger partial charge in [-0.1, -0.05) is 18.2 Å². The van der Waals surface area contributed by atoms with E-state index in [1.165, 1.54) is 11.3 Å². The Kier molecular flexibility index (Phi) is 3.22. The van der Waals surface area contributed by atoms with Crippen LogP contribution >= 0.6 is 0 Å². The third kappa shape index (κ3) is 2.10. The molecule has 2 heterocycles. The summed E-state index contributed by atoms with van der Waals surface area (Å²) in [4.78, 5) is 6.80. The number of anilines is 2. The molecule has 0 bridgehead atoms. The number of rotatable bonds is 2. The van der Waals surface area contributed by atoms with E-state index in [0.717, 1.165) is 24.2 Å². The molecule has 3 nitrogen and oxygen atoms in total. The minimum absolute atomic E-state index is 0.474. The summed E-state index contributed by atoms with van der Waals surface area (Å²) in [6, 6.07) is 13.2. The van der Waals surface area contributed by atoms with Crippen LogP contribution in [0.25, 0.3) is 0 Å². The number of hydrogen-bond donors (Lipinski definition) is 1. The second-order valence-corrected chi connectivity index (χ2v) is 5.06. The molecule has 1 aromatic carbocycles. The van der Waals surface area contributed by atoms with Gasteiger partial charge in [0.25, 0.3) is 0 Å². The van der Waals surface area contributed by atoms with Gasteiger partial charge in [-0.15, -0.1) is 0 Å². The lowest BCUT2D eigenvalue weighted by Crippen LogP contribution is -2.34. The van der Waals surface area contributed by atoms with E-state index < -0.39 is 0 Å². The van der Waals surface area contributed by atoms with Gasteiger partial charge >= 0.3 is 0 Å². The fourth-order valence-corrected chi connectivity index (χ4v) is 2.86. The molecule has 1 unspecified atom stereocenters. The summed E-state index contributed by atoms with van der Waals surface area (Å²) in [5.41, 5.74) is 10.6. The summed E-state index contributed by atoms with van der Waals surface area (Å²) in [7, 11) is 0. The molecule has 2 aromatic rings. The summed E-state index contributed by atoms with van der Waals surface area (Å²) >= 11 is 0. The lowest BCUT2D eigenvalue weighted by atomic mass is 9.95. The lowest BCUT2D eigenvalue weighted by Gasteiger charge is -2.37. The van der Waals surface area contributed by atoms with Crippen molar-refractivity contribution in [3.8, 4) is 0 Å². The van der Waals surface area contributed by atoms with E-state index >= 15 is 0 Å². The number of nitrogens with zero attached hydrogens (tertiary/aromatic N) is 2. The molecule has 0 saturated heterocycles. The van der Waals surface area contributed by atoms with E-state index in [-0.39, 0.29) is 0 Å². The average molecular weight is 253 g/mol. The van der Waals surface area contributed by atoms with Gasteiger partial charge in [0, 0.05) is 24.5 Å². The maximum absolute atomic E-state index is 5.83. The zero-order valence-electron chi connectivity index (χ0n) is 11.2. The lowest BCUT2D eigenvalue weighted by molar-refractivity contribution is 0.615. The molecule has 2 N–H and O–H groups in total. The van der Waals surface area contributed by atoms with Gasteiger partial charge in [0.15, 0.2) is 0 Å². The standard InChI is InChI=1S/C16H19N3/c1-12-8-9-13-5-2-3-6-15(13)19(12)16-7-4-10-18-14(16)11-17/h2-7,10,12H,8-9,11,17H2,1H3. The molecule has 98 valence electrons. The number of aryl methyl sites for hydroxylation is 1. The van der Waals surface area contributed by atoms with Crippen LogP contribution < -0.4 is 10.6 Å². The summed E-state index contributed by atoms with van der Waals surface area (Å²) in [6.45, 7) is 2.74. The molecule has 1 atom stereocenters. The Morgan fingerprint density at radius 2 is 2.00 bits per heavy atom. The Balaban J connectivity index is 2.13. The second-order valence-electron chi connectivity index (χ2n) is 5.06. The number of benzene rings is 1. The fourth-order valence-electron chi connectivity index (χ4n) is 2.86. The Hall–Kier alpha value is -1.87. The van der Waals surface area contributed by atoms with E-state index in [1.54, 1.807) is 0 Å². The van der Waals surface area contributed by atoms with E-state index in [9.17, 15) is 0 Å². The van der Waals surface area contributed by atoms with Gasteiger partial charge in [0.2, 0.25) is 0 Å². The zero-order chi connectivity index (χ0) is 13.2. The van der Waals surface area contributed by atoms with Crippen molar-refractivity contribution < 1.29 is 0 Å². The van der Waals surface area contributed by atoms with Crippen molar-refractivity contribution in [1.29, 1.82) is 0 Å². The predicted molar refractivity (Wildman–Crippen MR) is 78.5 cm³/mol. The van der Waals surface area contributed by atoms with Gasteiger partial charge in [-0.2, -0.15) is 0 Å². The van der Waals surface area contributed by atoms with Crippen LogP contribution in [0, 0.1) is 0 Å². The van der Waals surface area contributed by atoms with Crippen LogP contribution in [-0.2, 0) is 13.0 Å². The third-order valence-electron chi connectivity index (χ3n) is 3.84. The first-order valence-corrected chi connectivity index (χ1v) is 6.82. The molecule has 0 aliphatic carbocycles. The van der Waals surface area contributed by atoms with Gasteiger partial charge in [-0.3, -0.25) is 4.98 Å². The van der Waals surface area contributed by atoms with Crippen molar-refractivity contribution in [3.05, 3.63) is 53.9 Å². The first-order valence-electron chi connectivity index (χ1n) is 6.82. The van der Waals surface area contributed by atoms with Gasteiger partial charge < -0.3 is 10.6 Å². The Morgan fingerprint density at radius 3 is 2.84 bits per heavy atom. The van der Waals surface area contributed by atoms with Gasteiger partial charge in [-0.05, 0) is 43.5 Å². The Labute approximate surface area is 114 Å². The molecule has 0 spiro atoms. The van der Waals surface area contributed by atoms with Crippen molar-refractivity contribution >= 4 is 11.4 Å². The van der Waals surface area contributed by atoms with Crippen LogP contribution in [0.5, 0.6) is 0 Å². The Morgan fingerprint density at radius 1 is 1.21 bits per heavy atom. The highest BCUT2D eigenvalue weighted by Crippen LogP contribution is 2.37. The molecular formula is C16H19N3. The number of hydrogen-bond acceptors (Lipinski definition) is 3. The number of para-hydroxylation sites is 1. The summed E-state index contributed by atoms with van der Waals surface area (Å²) < 4.78 is 0. The molecule has 1 aliphatic heterocycles. The summed E-state index contributed by atoms with van der Waals surface area (Å²) in [5, 5.41) is 0. The largest absolute Gasteiger partial charge is 0.337 e. The van der Waals surface area contributed by atoms with E-state index in [1.807, 2.05) is 12.3 Å². The minimum Gasteiger partial charge on any atom is -0.337 e. The van der Waals surface area contributed by atoms with Crippen LogP contribution in [0.2, 0.25) is 0 Å². The predicted octanol–water partition coefficient (Wildman–Crippen LogP) is 3.01. The monoisotopic (exact) mass is 253 g/mol. The average Bonchev–Trinajstić information content (AvgIpc) is 2.47. The highest BCUT2D eigenvalue weighted by Gasteiger charge is 2.25. The van der Waals surface area contributed by atoms with Crippen molar-refractivity contribution in [2.75, 3.05) is 4.90 Å². The molecule has 0 radical (unpaired) electrons. The Bertz CT molecular complexity index is 580. The normalized spacial score (nSPS) is 18.2. The molecule has 3 heteroatoms. The van der Waals surface area contributed by atoms with Gasteiger partial charge in [0.05, 0.1) is 11.4 Å². The van der Waals surface area contributed by atoms with Crippen molar-refractivity contribution in [2.45, 2.75) is 32.4 Å². The molecule has 19 heavy (non-hydrogen) atoms. The topological polar surface area (TPSA) is 42.2 Å². The smallest absolute Gasteiger partial charge is 0.0775 e. The molecule has 0 amide bonds. The summed E-state index contributed by atoms with van der Waals surface area (Å²) in [5.74, 6) is 0.